The molecule has 2 rings (SSSR count). The number of rotatable bonds is 5. The second-order valence-electron chi connectivity index (χ2n) is 4.00. The molecular weight excluding hydrogens is 398 g/mol. The number of benzene rings is 1. The molecule has 1 aliphatic heterocycles. The van der Waals surface area contributed by atoms with E-state index in [-0.39, 0.29) is 11.8 Å². The van der Waals surface area contributed by atoms with E-state index in [0.717, 1.165) is 11.7 Å². The lowest BCUT2D eigenvalue weighted by Crippen LogP contribution is -2.35. The molecular formula is C11H12IN2O3PS. The van der Waals surface area contributed by atoms with Gasteiger partial charge in [-0.1, -0.05) is 12.1 Å². The molecule has 102 valence electrons. The first kappa shape index (κ1) is 15.2. The Labute approximate surface area is 129 Å². The number of fused-ring (bicyclic) bond motifs is 1. The summed E-state index contributed by atoms with van der Waals surface area (Å²) >= 11 is 2.94. The number of halogens is 1. The van der Waals surface area contributed by atoms with E-state index in [4.69, 9.17) is 4.55 Å². The van der Waals surface area contributed by atoms with Gasteiger partial charge in [-0.05, 0) is 41.2 Å². The fraction of sp³-hybridized carbons (Fsp3) is 0.273. The summed E-state index contributed by atoms with van der Waals surface area (Å²) in [6.45, 7) is 0.888. The summed E-state index contributed by atoms with van der Waals surface area (Å²) in [5, 5.41) is 0. The molecule has 5 nitrogen and oxygen atoms in total. The molecule has 0 aromatic heterocycles. The van der Waals surface area contributed by atoms with Gasteiger partial charge in [0.15, 0.2) is 0 Å². The third-order valence-electron chi connectivity index (χ3n) is 2.86. The van der Waals surface area contributed by atoms with Gasteiger partial charge in [-0.15, -0.1) is 0 Å². The summed E-state index contributed by atoms with van der Waals surface area (Å²) in [5.74, 6) is -0.466. The Balaban J connectivity index is 2.05. The Kier molecular flexibility index (Phi) is 5.19. The van der Waals surface area contributed by atoms with Crippen molar-refractivity contribution in [2.24, 2.45) is 0 Å². The molecule has 8 heteroatoms. The van der Waals surface area contributed by atoms with Crippen molar-refractivity contribution in [2.75, 3.05) is 20.1 Å². The van der Waals surface area contributed by atoms with Crippen LogP contribution in [0.25, 0.3) is 0 Å². The number of hydrogen-bond acceptors (Lipinski definition) is 5. The summed E-state index contributed by atoms with van der Waals surface area (Å²) in [6.07, 6.45) is 0. The van der Waals surface area contributed by atoms with Crippen molar-refractivity contribution in [2.45, 2.75) is 0 Å². The summed E-state index contributed by atoms with van der Waals surface area (Å²) in [7, 11) is 1.86. The largest absolute Gasteiger partial charge is 0.324 e. The first-order chi connectivity index (χ1) is 9.06. The third kappa shape index (κ3) is 3.11. The quantitative estimate of drug-likeness (QED) is 0.350. The normalized spacial score (nSPS) is 16.1. The van der Waals surface area contributed by atoms with E-state index < -0.39 is 4.92 Å². The first-order valence-electron chi connectivity index (χ1n) is 5.50. The van der Waals surface area contributed by atoms with Crippen LogP contribution >= 0.6 is 38.6 Å². The molecule has 2 amide bonds. The van der Waals surface area contributed by atoms with Crippen molar-refractivity contribution in [1.29, 1.82) is 0 Å². The number of carbonyl (C=O) groups excluding carboxylic acids is 2. The molecule has 0 radical (unpaired) electrons. The second-order valence-corrected chi connectivity index (χ2v) is 11.5. The van der Waals surface area contributed by atoms with Crippen molar-refractivity contribution < 1.29 is 14.1 Å². The predicted octanol–water partition coefficient (Wildman–Crippen LogP) is 3.08. The van der Waals surface area contributed by atoms with Crippen LogP contribution in [0.2, 0.25) is 0 Å². The van der Waals surface area contributed by atoms with Gasteiger partial charge in [0.2, 0.25) is 0 Å². The third-order valence-corrected chi connectivity index (χ3v) is 8.77. The van der Waals surface area contributed by atoms with Crippen LogP contribution in [0.3, 0.4) is 0 Å². The molecule has 0 saturated heterocycles. The average Bonchev–Trinajstić information content (AvgIpc) is 2.68. The fourth-order valence-electron chi connectivity index (χ4n) is 1.83. The molecule has 1 N–H and O–H groups in total. The molecule has 0 spiro atoms. The highest BCUT2D eigenvalue weighted by atomic mass is 127. The average molecular weight is 410 g/mol. The Morgan fingerprint density at radius 1 is 1.32 bits per heavy atom. The minimum atomic E-state index is -0.721. The second kappa shape index (κ2) is 6.49. The molecule has 1 unspecified atom stereocenters. The van der Waals surface area contributed by atoms with Crippen molar-refractivity contribution >= 4 is 50.4 Å². The highest BCUT2D eigenvalue weighted by molar-refractivity contribution is 14.2. The molecule has 1 aliphatic rings. The van der Waals surface area contributed by atoms with Gasteiger partial charge in [-0.3, -0.25) is 19.2 Å². The standard InChI is InChI=1S/C11H12IN2O3PS/c1-13(18(12)19-17)6-7-14-10(15)8-4-2-3-5-9(8)11(14)16/h2-5,17H,6-7H2,1H3. The summed E-state index contributed by atoms with van der Waals surface area (Å²) in [5.41, 5.74) is 0.951. The number of imide groups is 1. The maximum absolute atomic E-state index is 12.1. The zero-order chi connectivity index (χ0) is 14.0. The van der Waals surface area contributed by atoms with Crippen molar-refractivity contribution in [3.8, 4) is 0 Å². The maximum atomic E-state index is 12.1. The van der Waals surface area contributed by atoms with E-state index in [1.807, 2.05) is 11.7 Å². The molecule has 19 heavy (non-hydrogen) atoms. The van der Waals surface area contributed by atoms with Gasteiger partial charge >= 0.3 is 0 Å². The van der Waals surface area contributed by atoms with E-state index in [2.05, 4.69) is 22.0 Å². The smallest absolute Gasteiger partial charge is 0.261 e. The molecule has 1 heterocycles. The van der Waals surface area contributed by atoms with Gasteiger partial charge in [0.25, 0.3) is 11.8 Å². The van der Waals surface area contributed by atoms with Crippen molar-refractivity contribution in [3.05, 3.63) is 35.4 Å². The van der Waals surface area contributed by atoms with E-state index in [1.165, 1.54) is 4.90 Å². The molecule has 1 aromatic carbocycles. The summed E-state index contributed by atoms with van der Waals surface area (Å²) < 4.78 is 10.9. The monoisotopic (exact) mass is 410 g/mol. The predicted molar refractivity (Wildman–Crippen MR) is 85.6 cm³/mol. The minimum absolute atomic E-state index is 0.233. The summed E-state index contributed by atoms with van der Waals surface area (Å²) in [4.78, 5) is 24.7. The molecule has 0 fully saturated rings. The van der Waals surface area contributed by atoms with Crippen LogP contribution < -0.4 is 0 Å². The number of amides is 2. The van der Waals surface area contributed by atoms with E-state index >= 15 is 0 Å². The lowest BCUT2D eigenvalue weighted by atomic mass is 10.1. The zero-order valence-corrected chi connectivity index (χ0v) is 14.0. The molecule has 0 aliphatic carbocycles. The van der Waals surface area contributed by atoms with Crippen molar-refractivity contribution in [1.82, 2.24) is 9.57 Å². The molecule has 1 aromatic rings. The molecule has 1 atom stereocenters. The van der Waals surface area contributed by atoms with Gasteiger partial charge in [-0.2, -0.15) is 0 Å². The maximum Gasteiger partial charge on any atom is 0.261 e. The van der Waals surface area contributed by atoms with Gasteiger partial charge in [0, 0.05) is 24.8 Å². The van der Waals surface area contributed by atoms with Crippen LogP contribution in [0.4, 0.5) is 0 Å². The van der Waals surface area contributed by atoms with Crippen LogP contribution in [0.1, 0.15) is 20.7 Å². The van der Waals surface area contributed by atoms with Gasteiger partial charge in [0.1, 0.15) is 4.92 Å². The summed E-state index contributed by atoms with van der Waals surface area (Å²) in [6, 6.07) is 6.86. The van der Waals surface area contributed by atoms with E-state index in [9.17, 15) is 9.59 Å². The zero-order valence-electron chi connectivity index (χ0n) is 10.1. The minimum Gasteiger partial charge on any atom is -0.324 e. The van der Waals surface area contributed by atoms with Crippen LogP contribution in [0.5, 0.6) is 0 Å². The molecule has 0 bridgehead atoms. The van der Waals surface area contributed by atoms with Crippen LogP contribution in [-0.2, 0) is 0 Å². The lowest BCUT2D eigenvalue weighted by Gasteiger charge is -2.22. The topological polar surface area (TPSA) is 60.9 Å². The van der Waals surface area contributed by atoms with Crippen molar-refractivity contribution in [3.63, 3.8) is 0 Å². The highest BCUT2D eigenvalue weighted by Crippen LogP contribution is 2.57. The number of hydrogen-bond donors (Lipinski definition) is 1. The Morgan fingerprint density at radius 3 is 2.32 bits per heavy atom. The Bertz CT molecular complexity index is 481. The van der Waals surface area contributed by atoms with Crippen LogP contribution in [0, 0.1) is 0 Å². The van der Waals surface area contributed by atoms with Crippen LogP contribution in [0.15, 0.2) is 24.3 Å². The van der Waals surface area contributed by atoms with Gasteiger partial charge < -0.3 is 4.55 Å². The number of nitrogens with zero attached hydrogens (tertiary/aromatic N) is 2. The first-order valence-corrected chi connectivity index (χ1v) is 11.0. The number of likely N-dealkylation sites (N-methyl/N-ethyl adjacent to an activating group) is 1. The lowest BCUT2D eigenvalue weighted by molar-refractivity contribution is 0.0650. The van der Waals surface area contributed by atoms with Crippen LogP contribution in [-0.4, -0.2) is 46.1 Å². The highest BCUT2D eigenvalue weighted by Gasteiger charge is 2.34. The SMILES string of the molecule is CN(CCN1C(=O)c2ccccc2C1=O)P(I)SO. The number of carbonyl (C=O) groups is 2. The molecule has 0 saturated carbocycles. The Hall–Kier alpha value is -0.210. The fourth-order valence-corrected chi connectivity index (χ4v) is 3.47. The van der Waals surface area contributed by atoms with E-state index in [0.29, 0.717) is 24.2 Å². The van der Waals surface area contributed by atoms with E-state index in [1.54, 1.807) is 24.3 Å². The van der Waals surface area contributed by atoms with Gasteiger partial charge in [0.05, 0.1) is 11.1 Å². The van der Waals surface area contributed by atoms with Gasteiger partial charge in [-0.25, -0.2) is 0 Å². The Morgan fingerprint density at radius 2 is 1.84 bits per heavy atom.